The fourth-order valence-corrected chi connectivity index (χ4v) is 3.89. The molecule has 0 atom stereocenters. The Kier molecular flexibility index (Phi) is 3.17. The number of hydrogen-bond acceptors (Lipinski definition) is 4. The third kappa shape index (κ3) is 2.34. The van der Waals surface area contributed by atoms with Gasteiger partial charge in [-0.1, -0.05) is 23.4 Å². The summed E-state index contributed by atoms with van der Waals surface area (Å²) in [4.78, 5) is 15.1. The Bertz CT molecular complexity index is 816. The van der Waals surface area contributed by atoms with Crippen LogP contribution in [0.3, 0.4) is 0 Å². The minimum absolute atomic E-state index is 0.232. The van der Waals surface area contributed by atoms with E-state index in [0.29, 0.717) is 5.92 Å². The van der Waals surface area contributed by atoms with Crippen molar-refractivity contribution in [2.45, 2.75) is 43.1 Å². The minimum atomic E-state index is -0.376. The molecule has 3 fully saturated rings. The molecule has 0 spiro atoms. The van der Waals surface area contributed by atoms with E-state index in [0.717, 1.165) is 42.9 Å². The average Bonchev–Trinajstić information content (AvgIpc) is 3.52. The predicted octanol–water partition coefficient (Wildman–Crippen LogP) is 2.28. The van der Waals surface area contributed by atoms with Crippen LogP contribution in [0.2, 0.25) is 0 Å². The Labute approximate surface area is 146 Å². The van der Waals surface area contributed by atoms with E-state index in [-0.39, 0.29) is 17.4 Å². The lowest BCUT2D eigenvalue weighted by atomic mass is 9.91. The Balaban J connectivity index is 1.29. The first-order chi connectivity index (χ1) is 12.2. The van der Waals surface area contributed by atoms with E-state index in [1.807, 2.05) is 33.8 Å². The van der Waals surface area contributed by atoms with Crippen LogP contribution in [0.15, 0.2) is 30.5 Å². The van der Waals surface area contributed by atoms with Crippen molar-refractivity contribution < 1.29 is 9.53 Å². The number of likely N-dealkylation sites (tertiary alicyclic amines) is 1. The summed E-state index contributed by atoms with van der Waals surface area (Å²) in [5.41, 5.74) is 1.76. The maximum Gasteiger partial charge on any atom is 0.233 e. The van der Waals surface area contributed by atoms with E-state index < -0.39 is 0 Å². The van der Waals surface area contributed by atoms with Gasteiger partial charge in [-0.3, -0.25) is 4.79 Å². The molecule has 1 aromatic carbocycles. The van der Waals surface area contributed by atoms with Crippen LogP contribution < -0.4 is 4.74 Å². The van der Waals surface area contributed by atoms with Gasteiger partial charge < -0.3 is 9.64 Å². The van der Waals surface area contributed by atoms with Crippen LogP contribution in [0.5, 0.6) is 5.75 Å². The van der Waals surface area contributed by atoms with Crippen LogP contribution in [0, 0.1) is 0 Å². The molecule has 0 unspecified atom stereocenters. The van der Waals surface area contributed by atoms with Crippen molar-refractivity contribution in [3.05, 3.63) is 41.7 Å². The van der Waals surface area contributed by atoms with Crippen LogP contribution in [0.4, 0.5) is 0 Å². The number of aromatic nitrogens is 3. The van der Waals surface area contributed by atoms with Crippen molar-refractivity contribution >= 4 is 5.91 Å². The predicted molar refractivity (Wildman–Crippen MR) is 91.5 cm³/mol. The second kappa shape index (κ2) is 5.31. The summed E-state index contributed by atoms with van der Waals surface area (Å²) in [5.74, 6) is 1.67. The summed E-state index contributed by atoms with van der Waals surface area (Å²) < 4.78 is 7.43. The van der Waals surface area contributed by atoms with Gasteiger partial charge in [-0.05, 0) is 31.7 Å². The van der Waals surface area contributed by atoms with Crippen LogP contribution in [0.25, 0.3) is 0 Å². The van der Waals surface area contributed by atoms with Gasteiger partial charge in [-0.2, -0.15) is 0 Å². The van der Waals surface area contributed by atoms with E-state index in [1.54, 1.807) is 7.11 Å². The smallest absolute Gasteiger partial charge is 0.233 e. The van der Waals surface area contributed by atoms with Gasteiger partial charge in [0.2, 0.25) is 5.91 Å². The van der Waals surface area contributed by atoms with Gasteiger partial charge in [0.1, 0.15) is 5.75 Å². The Morgan fingerprint density at radius 1 is 1.24 bits per heavy atom. The summed E-state index contributed by atoms with van der Waals surface area (Å²) in [6.45, 7) is 1.45. The van der Waals surface area contributed by atoms with Gasteiger partial charge in [0.25, 0.3) is 0 Å². The van der Waals surface area contributed by atoms with Crippen molar-refractivity contribution in [2.75, 3.05) is 20.2 Å². The maximum absolute atomic E-state index is 13.1. The number of nitrogens with zero attached hydrogens (tertiary/aromatic N) is 4. The lowest BCUT2D eigenvalue weighted by Crippen LogP contribution is -2.54. The molecule has 0 N–H and O–H groups in total. The molecule has 5 rings (SSSR count). The molecule has 2 aromatic rings. The van der Waals surface area contributed by atoms with Crippen LogP contribution in [-0.4, -0.2) is 46.0 Å². The molecule has 1 amide bonds. The fourth-order valence-electron chi connectivity index (χ4n) is 3.89. The normalized spacial score (nSPS) is 21.7. The second-order valence-corrected chi connectivity index (χ2v) is 7.54. The topological polar surface area (TPSA) is 60.2 Å². The summed E-state index contributed by atoms with van der Waals surface area (Å²) >= 11 is 0. The van der Waals surface area contributed by atoms with E-state index in [2.05, 4.69) is 16.5 Å². The van der Waals surface area contributed by atoms with Crippen molar-refractivity contribution in [2.24, 2.45) is 0 Å². The highest BCUT2D eigenvalue weighted by Crippen LogP contribution is 2.53. The highest BCUT2D eigenvalue weighted by molar-refractivity contribution is 5.92. The molecule has 1 aromatic heterocycles. The zero-order chi connectivity index (χ0) is 17.0. The van der Waals surface area contributed by atoms with Crippen LogP contribution in [0.1, 0.15) is 48.9 Å². The number of amides is 1. The minimum Gasteiger partial charge on any atom is -0.496 e. The van der Waals surface area contributed by atoms with E-state index in [9.17, 15) is 4.79 Å². The largest absolute Gasteiger partial charge is 0.496 e. The number of benzene rings is 1. The zero-order valence-electron chi connectivity index (χ0n) is 14.4. The highest BCUT2D eigenvalue weighted by Gasteiger charge is 2.56. The van der Waals surface area contributed by atoms with Gasteiger partial charge in [0, 0.05) is 30.8 Å². The number of ether oxygens (including phenoxy) is 1. The van der Waals surface area contributed by atoms with Gasteiger partial charge >= 0.3 is 0 Å². The first-order valence-corrected chi connectivity index (χ1v) is 9.06. The molecule has 6 nitrogen and oxygen atoms in total. The summed E-state index contributed by atoms with van der Waals surface area (Å²) in [6.07, 6.45) is 6.34. The highest BCUT2D eigenvalue weighted by atomic mass is 16.5. The number of para-hydroxylation sites is 1. The summed E-state index contributed by atoms with van der Waals surface area (Å²) in [6, 6.07) is 8.16. The first kappa shape index (κ1) is 14.9. The number of carbonyl (C=O) groups is 1. The van der Waals surface area contributed by atoms with Gasteiger partial charge in [0.15, 0.2) is 0 Å². The number of methoxy groups -OCH3 is 1. The third-order valence-electron chi connectivity index (χ3n) is 5.83. The molecule has 0 bridgehead atoms. The molecule has 2 saturated carbocycles. The molecule has 1 aliphatic heterocycles. The number of carbonyl (C=O) groups excluding carboxylic acids is 1. The first-order valence-electron chi connectivity index (χ1n) is 9.06. The van der Waals surface area contributed by atoms with Crippen molar-refractivity contribution in [3.63, 3.8) is 0 Å². The third-order valence-corrected chi connectivity index (χ3v) is 5.83. The summed E-state index contributed by atoms with van der Waals surface area (Å²) in [5, 5.41) is 8.54. The molecule has 1 saturated heterocycles. The summed E-state index contributed by atoms with van der Waals surface area (Å²) in [7, 11) is 1.67. The Hall–Kier alpha value is -2.37. The lowest BCUT2D eigenvalue weighted by Gasteiger charge is -2.41. The standard InChI is InChI=1S/C19H22N4O2/c1-25-17-5-3-2-4-15(17)19(8-9-19)18(24)22-10-14(11-22)23-12-16(20-21-23)13-6-7-13/h2-5,12-14H,6-11H2,1H3. The Morgan fingerprint density at radius 2 is 2.00 bits per heavy atom. The molecular weight excluding hydrogens is 316 g/mol. The van der Waals surface area contributed by atoms with E-state index in [1.165, 1.54) is 12.8 Å². The number of hydrogen-bond donors (Lipinski definition) is 0. The fraction of sp³-hybridized carbons (Fsp3) is 0.526. The van der Waals surface area contributed by atoms with E-state index in [4.69, 9.17) is 4.74 Å². The molecule has 6 heteroatoms. The lowest BCUT2D eigenvalue weighted by molar-refractivity contribution is -0.140. The maximum atomic E-state index is 13.1. The Morgan fingerprint density at radius 3 is 2.68 bits per heavy atom. The SMILES string of the molecule is COc1ccccc1C1(C(=O)N2CC(n3cc(C4CC4)nn3)C2)CC1. The monoisotopic (exact) mass is 338 g/mol. The quantitative estimate of drug-likeness (QED) is 0.839. The number of rotatable bonds is 5. The molecule has 3 aliphatic rings. The van der Waals surface area contributed by atoms with Gasteiger partial charge in [-0.25, -0.2) is 4.68 Å². The van der Waals surface area contributed by atoms with Crippen molar-refractivity contribution in [1.82, 2.24) is 19.9 Å². The molecule has 25 heavy (non-hydrogen) atoms. The second-order valence-electron chi connectivity index (χ2n) is 7.54. The molecular formula is C19H22N4O2. The molecule has 0 radical (unpaired) electrons. The molecule has 130 valence electrons. The van der Waals surface area contributed by atoms with Gasteiger partial charge in [0.05, 0.1) is 24.3 Å². The van der Waals surface area contributed by atoms with Crippen molar-refractivity contribution in [3.8, 4) is 5.75 Å². The van der Waals surface area contributed by atoms with Crippen LogP contribution >= 0.6 is 0 Å². The molecule has 2 heterocycles. The zero-order valence-corrected chi connectivity index (χ0v) is 14.4. The van der Waals surface area contributed by atoms with E-state index >= 15 is 0 Å². The van der Waals surface area contributed by atoms with Gasteiger partial charge in [-0.15, -0.1) is 5.10 Å². The van der Waals surface area contributed by atoms with Crippen molar-refractivity contribution in [1.29, 1.82) is 0 Å². The average molecular weight is 338 g/mol. The van der Waals surface area contributed by atoms with Crippen LogP contribution in [-0.2, 0) is 10.2 Å². The molecule has 2 aliphatic carbocycles.